The number of nitrogens with zero attached hydrogens (tertiary/aromatic N) is 7. The summed E-state index contributed by atoms with van der Waals surface area (Å²) in [6, 6.07) is 11.3. The van der Waals surface area contributed by atoms with Gasteiger partial charge in [-0.2, -0.15) is 5.10 Å². The second kappa shape index (κ2) is 10.6. The van der Waals surface area contributed by atoms with Crippen molar-refractivity contribution in [2.24, 2.45) is 5.92 Å². The van der Waals surface area contributed by atoms with Crippen molar-refractivity contribution in [1.82, 2.24) is 29.2 Å². The number of carbonyl (C=O) groups excluding carboxylic acids is 1. The lowest BCUT2D eigenvalue weighted by atomic mass is 9.98. The van der Waals surface area contributed by atoms with Crippen LogP contribution in [0.5, 0.6) is 0 Å². The molecule has 1 saturated heterocycles. The number of anilines is 1. The fourth-order valence-electron chi connectivity index (χ4n) is 5.91. The topological polar surface area (TPSA) is 89.2 Å². The summed E-state index contributed by atoms with van der Waals surface area (Å²) in [4.78, 5) is 41.7. The number of pyridine rings is 1. The molecule has 0 bridgehead atoms. The van der Waals surface area contributed by atoms with E-state index in [0.717, 1.165) is 46.8 Å². The van der Waals surface area contributed by atoms with Crippen LogP contribution in [0.25, 0.3) is 11.6 Å². The van der Waals surface area contributed by atoms with Crippen LogP contribution in [0.3, 0.4) is 0 Å². The molecule has 6 rings (SSSR count). The maximum atomic E-state index is 14.2. The molecule has 0 radical (unpaired) electrons. The summed E-state index contributed by atoms with van der Waals surface area (Å²) in [5.74, 6) is 1.87. The van der Waals surface area contributed by atoms with E-state index in [-0.39, 0.29) is 24.1 Å². The normalized spacial score (nSPS) is 18.6. The molecule has 212 valence electrons. The van der Waals surface area contributed by atoms with Crippen molar-refractivity contribution < 1.29 is 4.79 Å². The first-order chi connectivity index (χ1) is 19.6. The zero-order valence-corrected chi connectivity index (χ0v) is 25.6. The summed E-state index contributed by atoms with van der Waals surface area (Å²) in [6.07, 6.45) is 3.32. The minimum Gasteiger partial charge on any atom is -0.356 e. The number of fused-ring (bicyclic) bond motifs is 1. The van der Waals surface area contributed by atoms with Crippen molar-refractivity contribution in [3.63, 3.8) is 0 Å². The minimum absolute atomic E-state index is 0.0755. The lowest BCUT2D eigenvalue weighted by molar-refractivity contribution is 0.0652. The van der Waals surface area contributed by atoms with Crippen LogP contribution in [0.1, 0.15) is 58.8 Å². The largest absolute Gasteiger partial charge is 0.356 e. The van der Waals surface area contributed by atoms with Crippen LogP contribution < -0.4 is 10.5 Å². The van der Waals surface area contributed by atoms with E-state index in [4.69, 9.17) is 9.97 Å². The van der Waals surface area contributed by atoms with E-state index in [1.807, 2.05) is 64.1 Å². The third-order valence-electron chi connectivity index (χ3n) is 8.20. The Morgan fingerprint density at radius 1 is 1.07 bits per heavy atom. The number of rotatable bonds is 4. The molecule has 0 unspecified atom stereocenters. The Labute approximate surface area is 248 Å². The monoisotopic (exact) mass is 615 g/mol. The van der Waals surface area contributed by atoms with Gasteiger partial charge < -0.3 is 9.80 Å². The van der Waals surface area contributed by atoms with E-state index in [2.05, 4.69) is 32.9 Å². The summed E-state index contributed by atoms with van der Waals surface area (Å²) >= 11 is 3.52. The first-order valence-corrected chi connectivity index (χ1v) is 14.9. The average Bonchev–Trinajstić information content (AvgIpc) is 3.53. The van der Waals surface area contributed by atoms with Gasteiger partial charge in [0.25, 0.3) is 11.5 Å². The van der Waals surface area contributed by atoms with Gasteiger partial charge in [0, 0.05) is 40.4 Å². The highest BCUT2D eigenvalue weighted by Crippen LogP contribution is 2.27. The maximum Gasteiger partial charge on any atom is 0.263 e. The Bertz CT molecular complexity index is 1710. The highest BCUT2D eigenvalue weighted by atomic mass is 79.9. The number of hydrogen-bond donors (Lipinski definition) is 0. The van der Waals surface area contributed by atoms with Crippen LogP contribution in [0, 0.1) is 26.7 Å². The number of amides is 1. The van der Waals surface area contributed by atoms with Gasteiger partial charge in [0.2, 0.25) is 5.95 Å². The SMILES string of the molecule is Cc1cc(C)n(-c2nc3c(c(=O)n2-c2ccc(N4CC[C@H](C)C4)nc2)C[C@@H](C)N(C(=O)c2ccc(Br)c(C)c2)C3)n1. The molecule has 0 aliphatic carbocycles. The number of carbonyl (C=O) groups is 1. The van der Waals surface area contributed by atoms with Crippen molar-refractivity contribution in [3.05, 3.63) is 91.2 Å². The predicted octanol–water partition coefficient (Wildman–Crippen LogP) is 4.93. The molecule has 3 aromatic heterocycles. The smallest absolute Gasteiger partial charge is 0.263 e. The predicted molar refractivity (Wildman–Crippen MR) is 162 cm³/mol. The number of aromatic nitrogens is 5. The second-order valence-corrected chi connectivity index (χ2v) is 12.3. The van der Waals surface area contributed by atoms with Crippen LogP contribution >= 0.6 is 15.9 Å². The van der Waals surface area contributed by atoms with E-state index < -0.39 is 0 Å². The molecule has 2 atom stereocenters. The van der Waals surface area contributed by atoms with Crippen molar-refractivity contribution in [2.75, 3.05) is 18.0 Å². The quantitative estimate of drug-likeness (QED) is 0.323. The maximum absolute atomic E-state index is 14.2. The number of aryl methyl sites for hydroxylation is 3. The van der Waals surface area contributed by atoms with E-state index >= 15 is 0 Å². The Morgan fingerprint density at radius 2 is 1.88 bits per heavy atom. The van der Waals surface area contributed by atoms with Crippen molar-refractivity contribution in [3.8, 4) is 11.6 Å². The molecule has 2 aliphatic heterocycles. The average molecular weight is 617 g/mol. The number of halogens is 1. The Balaban J connectivity index is 1.43. The fourth-order valence-corrected chi connectivity index (χ4v) is 6.16. The number of hydrogen-bond acceptors (Lipinski definition) is 6. The van der Waals surface area contributed by atoms with Crippen LogP contribution in [0.2, 0.25) is 0 Å². The molecule has 41 heavy (non-hydrogen) atoms. The zero-order chi connectivity index (χ0) is 29.0. The van der Waals surface area contributed by atoms with Gasteiger partial charge in [0.15, 0.2) is 0 Å². The molecule has 0 N–H and O–H groups in total. The van der Waals surface area contributed by atoms with Crippen molar-refractivity contribution >= 4 is 27.7 Å². The van der Waals surface area contributed by atoms with E-state index in [0.29, 0.717) is 40.8 Å². The van der Waals surface area contributed by atoms with Gasteiger partial charge in [0.1, 0.15) is 5.82 Å². The molecule has 2 aliphatic rings. The van der Waals surface area contributed by atoms with Crippen molar-refractivity contribution in [2.45, 2.75) is 60.0 Å². The molecular formula is C31H34BrN7O2. The van der Waals surface area contributed by atoms with Crippen LogP contribution in [0.4, 0.5) is 5.82 Å². The van der Waals surface area contributed by atoms with Gasteiger partial charge in [-0.1, -0.05) is 22.9 Å². The molecule has 10 heteroatoms. The number of benzene rings is 1. The van der Waals surface area contributed by atoms with E-state index in [1.165, 1.54) is 0 Å². The van der Waals surface area contributed by atoms with Crippen LogP contribution in [-0.2, 0) is 13.0 Å². The summed E-state index contributed by atoms with van der Waals surface area (Å²) in [5.41, 5.74) is 5.01. The Kier molecular flexibility index (Phi) is 7.05. The molecule has 1 amide bonds. The first-order valence-electron chi connectivity index (χ1n) is 14.1. The lowest BCUT2D eigenvalue weighted by Crippen LogP contribution is -2.46. The second-order valence-electron chi connectivity index (χ2n) is 11.5. The highest BCUT2D eigenvalue weighted by molar-refractivity contribution is 9.10. The highest BCUT2D eigenvalue weighted by Gasteiger charge is 2.33. The van der Waals surface area contributed by atoms with E-state index in [1.54, 1.807) is 20.3 Å². The fraction of sp³-hybridized carbons (Fsp3) is 0.387. The molecule has 9 nitrogen and oxygen atoms in total. The first kappa shape index (κ1) is 27.4. The van der Waals surface area contributed by atoms with Gasteiger partial charge in [-0.15, -0.1) is 0 Å². The van der Waals surface area contributed by atoms with Crippen molar-refractivity contribution in [1.29, 1.82) is 0 Å². The van der Waals surface area contributed by atoms with Crippen LogP contribution in [-0.4, -0.2) is 54.3 Å². The Hall–Kier alpha value is -3.79. The third kappa shape index (κ3) is 4.98. The van der Waals surface area contributed by atoms with Gasteiger partial charge in [-0.05, 0) is 88.4 Å². The molecule has 5 heterocycles. The standard InChI is InChI=1S/C31H34BrN7O2/c1-18-10-11-36(16-18)28-9-7-24(15-33-28)38-30(41)25-14-21(4)37(29(40)23-6-8-26(32)19(2)12-23)17-27(25)34-31(38)39-22(5)13-20(3)35-39/h6-9,12-13,15,18,21H,10-11,14,16-17H2,1-5H3/t18-,21+/m0/s1. The zero-order valence-electron chi connectivity index (χ0n) is 24.1. The van der Waals surface area contributed by atoms with E-state index in [9.17, 15) is 9.59 Å². The molecular weight excluding hydrogens is 582 g/mol. The Morgan fingerprint density at radius 3 is 2.51 bits per heavy atom. The summed E-state index contributed by atoms with van der Waals surface area (Å²) < 4.78 is 4.28. The molecule has 4 aromatic rings. The molecule has 1 aromatic carbocycles. The summed E-state index contributed by atoms with van der Waals surface area (Å²) in [5, 5.41) is 4.66. The third-order valence-corrected chi connectivity index (χ3v) is 9.09. The molecule has 1 fully saturated rings. The van der Waals surface area contributed by atoms with Gasteiger partial charge >= 0.3 is 0 Å². The summed E-state index contributed by atoms with van der Waals surface area (Å²) in [7, 11) is 0. The van der Waals surface area contributed by atoms with Gasteiger partial charge in [-0.3, -0.25) is 9.59 Å². The minimum atomic E-state index is -0.168. The van der Waals surface area contributed by atoms with Gasteiger partial charge in [-0.25, -0.2) is 19.2 Å². The van der Waals surface area contributed by atoms with Gasteiger partial charge in [0.05, 0.1) is 29.8 Å². The lowest BCUT2D eigenvalue weighted by Gasteiger charge is -2.34. The summed E-state index contributed by atoms with van der Waals surface area (Å²) in [6.45, 7) is 12.3. The molecule has 0 saturated carbocycles. The molecule has 0 spiro atoms. The van der Waals surface area contributed by atoms with Crippen LogP contribution in [0.15, 0.2) is 51.9 Å².